The molecule has 2 N–H and O–H groups in total. The highest BCUT2D eigenvalue weighted by molar-refractivity contribution is 7.89. The van der Waals surface area contributed by atoms with Crippen LogP contribution in [0.15, 0.2) is 53.4 Å². The van der Waals surface area contributed by atoms with Crippen molar-refractivity contribution >= 4 is 39.2 Å². The first-order valence-electron chi connectivity index (χ1n) is 9.73. The molecule has 166 valence electrons. The topological polar surface area (TPSA) is 111 Å². The van der Waals surface area contributed by atoms with Gasteiger partial charge in [0.1, 0.15) is 0 Å². The number of rotatable bonds is 8. The molecular formula is C21H23ClN2O6S. The number of hydrogen-bond acceptors (Lipinski definition) is 6. The van der Waals surface area contributed by atoms with Gasteiger partial charge in [0.2, 0.25) is 10.0 Å². The van der Waals surface area contributed by atoms with Crippen LogP contribution in [0.5, 0.6) is 0 Å². The van der Waals surface area contributed by atoms with Crippen LogP contribution in [0, 0.1) is 0 Å². The molecule has 0 aliphatic carbocycles. The number of halogens is 1. The number of carbonyl (C=O) groups excluding carboxylic acids is 2. The summed E-state index contributed by atoms with van der Waals surface area (Å²) in [6.45, 7) is 2.28. The van der Waals surface area contributed by atoms with Crippen molar-refractivity contribution in [2.24, 2.45) is 0 Å². The first kappa shape index (κ1) is 23.2. The summed E-state index contributed by atoms with van der Waals surface area (Å²) in [5.41, 5.74) is 0.645. The predicted octanol–water partition coefficient (Wildman–Crippen LogP) is 2.98. The van der Waals surface area contributed by atoms with Crippen LogP contribution in [-0.4, -0.2) is 45.7 Å². The Bertz CT molecular complexity index is 1020. The number of amides is 1. The van der Waals surface area contributed by atoms with Crippen molar-refractivity contribution in [2.45, 2.75) is 36.9 Å². The summed E-state index contributed by atoms with van der Waals surface area (Å²) in [6.07, 6.45) is 0.556. The smallest absolute Gasteiger partial charge is 0.338 e. The molecule has 1 amide bonds. The number of carbonyl (C=O) groups is 2. The molecule has 1 saturated heterocycles. The van der Waals surface area contributed by atoms with E-state index in [4.69, 9.17) is 21.1 Å². The van der Waals surface area contributed by atoms with E-state index in [1.807, 2.05) is 0 Å². The monoisotopic (exact) mass is 466 g/mol. The lowest BCUT2D eigenvalue weighted by molar-refractivity contribution is -0.123. The van der Waals surface area contributed by atoms with Crippen molar-refractivity contribution in [1.29, 1.82) is 0 Å². The van der Waals surface area contributed by atoms with Crippen molar-refractivity contribution in [1.82, 2.24) is 4.72 Å². The van der Waals surface area contributed by atoms with Crippen molar-refractivity contribution < 1.29 is 27.5 Å². The molecule has 0 aromatic heterocycles. The molecule has 3 rings (SSSR count). The minimum Gasteiger partial charge on any atom is -0.449 e. The Morgan fingerprint density at radius 2 is 1.84 bits per heavy atom. The van der Waals surface area contributed by atoms with E-state index in [1.54, 1.807) is 24.3 Å². The molecule has 1 aliphatic rings. The number of hydrogen-bond donors (Lipinski definition) is 2. The third-order valence-corrected chi connectivity index (χ3v) is 6.38. The second-order valence-corrected chi connectivity index (χ2v) is 9.26. The van der Waals surface area contributed by atoms with Crippen LogP contribution in [-0.2, 0) is 24.3 Å². The molecule has 8 nitrogen and oxygen atoms in total. The highest BCUT2D eigenvalue weighted by Crippen LogP contribution is 2.16. The molecule has 10 heteroatoms. The minimum atomic E-state index is -3.72. The molecule has 2 aromatic carbocycles. The lowest BCUT2D eigenvalue weighted by Gasteiger charge is -2.14. The molecule has 1 heterocycles. The zero-order valence-electron chi connectivity index (χ0n) is 16.8. The van der Waals surface area contributed by atoms with Crippen LogP contribution in [0.25, 0.3) is 0 Å². The molecule has 1 fully saturated rings. The molecule has 0 spiro atoms. The first-order valence-corrected chi connectivity index (χ1v) is 11.6. The third kappa shape index (κ3) is 6.51. The van der Waals surface area contributed by atoms with E-state index in [1.165, 1.54) is 31.2 Å². The maximum atomic E-state index is 12.4. The predicted molar refractivity (Wildman–Crippen MR) is 116 cm³/mol. The van der Waals surface area contributed by atoms with Crippen LogP contribution < -0.4 is 10.0 Å². The van der Waals surface area contributed by atoms with Gasteiger partial charge in [0.25, 0.3) is 5.91 Å². The van der Waals surface area contributed by atoms with Gasteiger partial charge in [-0.25, -0.2) is 17.9 Å². The van der Waals surface area contributed by atoms with Crippen molar-refractivity contribution in [3.8, 4) is 0 Å². The molecule has 0 radical (unpaired) electrons. The normalized spacial score (nSPS) is 17.2. The minimum absolute atomic E-state index is 0.0237. The van der Waals surface area contributed by atoms with Gasteiger partial charge in [-0.1, -0.05) is 11.6 Å². The Morgan fingerprint density at radius 1 is 1.16 bits per heavy atom. The Kier molecular flexibility index (Phi) is 7.66. The molecule has 0 saturated carbocycles. The molecule has 0 unspecified atom stereocenters. The van der Waals surface area contributed by atoms with Gasteiger partial charge in [0.15, 0.2) is 6.10 Å². The van der Waals surface area contributed by atoms with Gasteiger partial charge in [-0.2, -0.15) is 0 Å². The fraction of sp³-hybridized carbons (Fsp3) is 0.333. The number of ether oxygens (including phenoxy) is 2. The number of anilines is 1. The quantitative estimate of drug-likeness (QED) is 0.578. The Hall–Kier alpha value is -2.46. The van der Waals surface area contributed by atoms with Crippen molar-refractivity contribution in [3.63, 3.8) is 0 Å². The highest BCUT2D eigenvalue weighted by Gasteiger charge is 2.22. The van der Waals surface area contributed by atoms with Crippen molar-refractivity contribution in [2.75, 3.05) is 18.5 Å². The van der Waals surface area contributed by atoms with E-state index in [0.717, 1.165) is 12.8 Å². The summed E-state index contributed by atoms with van der Waals surface area (Å²) in [5.74, 6) is -1.25. The Labute approximate surface area is 185 Å². The zero-order chi connectivity index (χ0) is 22.4. The maximum Gasteiger partial charge on any atom is 0.338 e. The number of sulfonamides is 1. The van der Waals surface area contributed by atoms with Crippen LogP contribution in [0.2, 0.25) is 5.02 Å². The average molecular weight is 467 g/mol. The fourth-order valence-electron chi connectivity index (χ4n) is 2.92. The Balaban J connectivity index is 1.55. The summed E-state index contributed by atoms with van der Waals surface area (Å²) < 4.78 is 37.9. The fourth-order valence-corrected chi connectivity index (χ4v) is 4.11. The number of esters is 1. The SMILES string of the molecule is C[C@@H](OC(=O)c1ccc(S(=O)(=O)NC[C@@H]2CCCO2)cc1)C(=O)Nc1ccc(Cl)cc1. The molecule has 1 aliphatic heterocycles. The summed E-state index contributed by atoms with van der Waals surface area (Å²) in [6, 6.07) is 11.8. The molecule has 2 atom stereocenters. The lowest BCUT2D eigenvalue weighted by Crippen LogP contribution is -2.32. The average Bonchev–Trinajstić information content (AvgIpc) is 3.28. The molecular weight excluding hydrogens is 444 g/mol. The van der Waals surface area contributed by atoms with E-state index in [0.29, 0.717) is 17.3 Å². The summed E-state index contributed by atoms with van der Waals surface area (Å²) in [7, 11) is -3.72. The van der Waals surface area contributed by atoms with E-state index in [-0.39, 0.29) is 23.1 Å². The van der Waals surface area contributed by atoms with E-state index >= 15 is 0 Å². The second-order valence-electron chi connectivity index (χ2n) is 7.05. The van der Waals surface area contributed by atoms with Gasteiger partial charge in [-0.05, 0) is 68.3 Å². The molecule has 0 bridgehead atoms. The zero-order valence-corrected chi connectivity index (χ0v) is 18.4. The largest absolute Gasteiger partial charge is 0.449 e. The summed E-state index contributed by atoms with van der Waals surface area (Å²) >= 11 is 5.80. The van der Waals surface area contributed by atoms with E-state index in [2.05, 4.69) is 10.0 Å². The lowest BCUT2D eigenvalue weighted by atomic mass is 10.2. The summed E-state index contributed by atoms with van der Waals surface area (Å²) in [5, 5.41) is 3.15. The van der Waals surface area contributed by atoms with Gasteiger partial charge in [0.05, 0.1) is 16.6 Å². The van der Waals surface area contributed by atoms with Crippen LogP contribution in [0.1, 0.15) is 30.1 Å². The third-order valence-electron chi connectivity index (χ3n) is 4.69. The van der Waals surface area contributed by atoms with Gasteiger partial charge >= 0.3 is 5.97 Å². The second kappa shape index (κ2) is 10.2. The van der Waals surface area contributed by atoms with Crippen LogP contribution in [0.4, 0.5) is 5.69 Å². The van der Waals surface area contributed by atoms with Gasteiger partial charge in [-0.15, -0.1) is 0 Å². The summed E-state index contributed by atoms with van der Waals surface area (Å²) in [4.78, 5) is 24.6. The molecule has 2 aromatic rings. The Morgan fingerprint density at radius 3 is 2.45 bits per heavy atom. The number of nitrogens with one attached hydrogen (secondary N) is 2. The molecule has 31 heavy (non-hydrogen) atoms. The van der Waals surface area contributed by atoms with E-state index < -0.39 is 28.0 Å². The maximum absolute atomic E-state index is 12.4. The van der Waals surface area contributed by atoms with Gasteiger partial charge in [-0.3, -0.25) is 4.79 Å². The van der Waals surface area contributed by atoms with Crippen LogP contribution in [0.3, 0.4) is 0 Å². The van der Waals surface area contributed by atoms with Gasteiger partial charge in [0, 0.05) is 23.9 Å². The van der Waals surface area contributed by atoms with Crippen molar-refractivity contribution in [3.05, 3.63) is 59.1 Å². The van der Waals surface area contributed by atoms with Gasteiger partial charge < -0.3 is 14.8 Å². The highest BCUT2D eigenvalue weighted by atomic mass is 35.5. The number of benzene rings is 2. The standard InChI is InChI=1S/C21H23ClN2O6S/c1-14(20(25)24-17-8-6-16(22)7-9-17)30-21(26)15-4-10-19(11-5-15)31(27,28)23-13-18-3-2-12-29-18/h4-11,14,18,23H,2-3,12-13H2,1H3,(H,24,25)/t14-,18+/m1/s1. The van der Waals surface area contributed by atoms with E-state index in [9.17, 15) is 18.0 Å². The van der Waals surface area contributed by atoms with Crippen LogP contribution >= 0.6 is 11.6 Å². The first-order chi connectivity index (χ1) is 14.7.